The van der Waals surface area contributed by atoms with Gasteiger partial charge in [0.05, 0.1) is 12.3 Å². The van der Waals surface area contributed by atoms with Crippen LogP contribution in [0.4, 0.5) is 4.39 Å². The summed E-state index contributed by atoms with van der Waals surface area (Å²) >= 11 is 0. The second kappa shape index (κ2) is 4.67. The van der Waals surface area contributed by atoms with E-state index in [0.717, 1.165) is 11.8 Å². The summed E-state index contributed by atoms with van der Waals surface area (Å²) in [4.78, 5) is 3.82. The van der Waals surface area contributed by atoms with Crippen molar-refractivity contribution in [3.05, 3.63) is 48.6 Å². The maximum Gasteiger partial charge on any atom is 0.138 e. The summed E-state index contributed by atoms with van der Waals surface area (Å²) in [5.41, 5.74) is 1.23. The molecule has 0 saturated heterocycles. The van der Waals surface area contributed by atoms with Gasteiger partial charge < -0.3 is 5.11 Å². The molecule has 1 N–H and O–H groups in total. The predicted molar refractivity (Wildman–Crippen MR) is 57.5 cm³/mol. The average molecular weight is 219 g/mol. The van der Waals surface area contributed by atoms with Crippen molar-refractivity contribution < 1.29 is 9.50 Å². The number of nitrogens with zero attached hydrogens (tertiary/aromatic N) is 3. The van der Waals surface area contributed by atoms with E-state index in [-0.39, 0.29) is 6.61 Å². The highest BCUT2D eigenvalue weighted by atomic mass is 19.1. The first-order valence-corrected chi connectivity index (χ1v) is 4.73. The number of aliphatic hydroxyl groups is 1. The Balaban J connectivity index is 2.26. The van der Waals surface area contributed by atoms with Gasteiger partial charge in [-0.05, 0) is 30.3 Å². The average Bonchev–Trinajstić information content (AvgIpc) is 2.83. The molecule has 1 heterocycles. The maximum absolute atomic E-state index is 13.3. The Morgan fingerprint density at radius 3 is 2.69 bits per heavy atom. The maximum atomic E-state index is 13.3. The van der Waals surface area contributed by atoms with Crippen LogP contribution in [0.2, 0.25) is 0 Å². The van der Waals surface area contributed by atoms with Gasteiger partial charge in [-0.3, -0.25) is 0 Å². The Kier molecular flexibility index (Phi) is 3.07. The minimum atomic E-state index is -0.437. The third kappa shape index (κ3) is 2.14. The molecule has 0 bridgehead atoms. The molecule has 0 saturated carbocycles. The molecule has 0 fully saturated rings. The van der Waals surface area contributed by atoms with Crippen LogP contribution in [0.3, 0.4) is 0 Å². The van der Waals surface area contributed by atoms with Crippen molar-refractivity contribution in [3.8, 4) is 5.69 Å². The van der Waals surface area contributed by atoms with E-state index in [4.69, 9.17) is 5.11 Å². The Hall–Kier alpha value is -2.01. The lowest BCUT2D eigenvalue weighted by atomic mass is 10.2. The summed E-state index contributed by atoms with van der Waals surface area (Å²) in [6, 6.07) is 6.71. The summed E-state index contributed by atoms with van der Waals surface area (Å²) in [6.45, 7) is -0.309. The van der Waals surface area contributed by atoms with Gasteiger partial charge in [0.1, 0.15) is 18.5 Å². The molecule has 4 nitrogen and oxygen atoms in total. The van der Waals surface area contributed by atoms with Gasteiger partial charge in [0, 0.05) is 5.56 Å². The number of benzene rings is 1. The second-order valence-electron chi connectivity index (χ2n) is 3.12. The minimum Gasteiger partial charge on any atom is -0.392 e. The van der Waals surface area contributed by atoms with Crippen LogP contribution in [0, 0.1) is 0 Å². The van der Waals surface area contributed by atoms with Crippen LogP contribution in [0.1, 0.15) is 5.56 Å². The summed E-state index contributed by atoms with van der Waals surface area (Å²) in [5, 5.41) is 12.5. The van der Waals surface area contributed by atoms with Crippen molar-refractivity contribution in [2.24, 2.45) is 0 Å². The number of aliphatic hydroxyl groups excluding tert-OH is 1. The molecular weight excluding hydrogens is 209 g/mol. The van der Waals surface area contributed by atoms with Gasteiger partial charge in [0.2, 0.25) is 0 Å². The summed E-state index contributed by atoms with van der Waals surface area (Å²) in [6.07, 6.45) is 4.11. The highest BCUT2D eigenvalue weighted by Crippen LogP contribution is 2.17. The van der Waals surface area contributed by atoms with Crippen molar-refractivity contribution in [2.45, 2.75) is 0 Å². The fourth-order valence-electron chi connectivity index (χ4n) is 1.31. The first-order valence-electron chi connectivity index (χ1n) is 4.73. The Morgan fingerprint density at radius 2 is 2.12 bits per heavy atom. The standard InChI is InChI=1S/C11H10FN3O/c12-11(5-6-16)9-1-3-10(4-2-9)15-8-13-7-14-15/h1-5,7-8,16H,6H2/b11-5-. The van der Waals surface area contributed by atoms with Crippen LogP contribution in [0.25, 0.3) is 11.5 Å². The number of aromatic nitrogens is 3. The molecule has 0 amide bonds. The lowest BCUT2D eigenvalue weighted by Gasteiger charge is -2.01. The Labute approximate surface area is 91.7 Å². The summed E-state index contributed by atoms with van der Waals surface area (Å²) in [7, 11) is 0. The molecule has 2 rings (SSSR count). The Bertz CT molecular complexity index is 476. The Morgan fingerprint density at radius 1 is 1.38 bits per heavy atom. The molecule has 1 aromatic carbocycles. The van der Waals surface area contributed by atoms with Crippen LogP contribution in [0.5, 0.6) is 0 Å². The van der Waals surface area contributed by atoms with E-state index >= 15 is 0 Å². The van der Waals surface area contributed by atoms with Gasteiger partial charge in [-0.2, -0.15) is 5.10 Å². The molecule has 5 heteroatoms. The molecule has 0 aliphatic carbocycles. The fourth-order valence-corrected chi connectivity index (χ4v) is 1.31. The zero-order valence-electron chi connectivity index (χ0n) is 8.42. The quantitative estimate of drug-likeness (QED) is 0.852. The molecular formula is C11H10FN3O. The lowest BCUT2D eigenvalue weighted by molar-refractivity contribution is 0.342. The van der Waals surface area contributed by atoms with Crippen molar-refractivity contribution in [1.29, 1.82) is 0 Å². The van der Waals surface area contributed by atoms with E-state index in [0.29, 0.717) is 5.56 Å². The van der Waals surface area contributed by atoms with Crippen LogP contribution >= 0.6 is 0 Å². The highest BCUT2D eigenvalue weighted by Gasteiger charge is 2.01. The van der Waals surface area contributed by atoms with Crippen molar-refractivity contribution in [1.82, 2.24) is 14.8 Å². The normalized spacial score (nSPS) is 11.8. The van der Waals surface area contributed by atoms with E-state index in [1.165, 1.54) is 6.33 Å². The molecule has 0 spiro atoms. The van der Waals surface area contributed by atoms with Gasteiger partial charge >= 0.3 is 0 Å². The third-order valence-corrected chi connectivity index (χ3v) is 2.10. The fraction of sp³-hybridized carbons (Fsp3) is 0.0909. The van der Waals surface area contributed by atoms with E-state index in [1.54, 1.807) is 35.3 Å². The first kappa shape index (κ1) is 10.5. The van der Waals surface area contributed by atoms with Gasteiger partial charge in [0.25, 0.3) is 0 Å². The van der Waals surface area contributed by atoms with Gasteiger partial charge in [-0.15, -0.1) is 0 Å². The van der Waals surface area contributed by atoms with E-state index in [1.807, 2.05) is 0 Å². The van der Waals surface area contributed by atoms with Crippen LogP contribution in [0.15, 0.2) is 43.0 Å². The van der Waals surface area contributed by atoms with E-state index in [2.05, 4.69) is 10.1 Å². The van der Waals surface area contributed by atoms with Crippen LogP contribution < -0.4 is 0 Å². The first-order chi connectivity index (χ1) is 7.81. The van der Waals surface area contributed by atoms with Crippen LogP contribution in [-0.2, 0) is 0 Å². The second-order valence-corrected chi connectivity index (χ2v) is 3.12. The van der Waals surface area contributed by atoms with Crippen LogP contribution in [-0.4, -0.2) is 26.5 Å². The molecule has 1 aromatic heterocycles. The van der Waals surface area contributed by atoms with Crippen molar-refractivity contribution >= 4 is 5.83 Å². The zero-order chi connectivity index (χ0) is 11.4. The molecule has 0 unspecified atom stereocenters. The molecule has 0 atom stereocenters. The molecule has 82 valence electrons. The monoisotopic (exact) mass is 219 g/mol. The summed E-state index contributed by atoms with van der Waals surface area (Å²) in [5.74, 6) is -0.437. The lowest BCUT2D eigenvalue weighted by Crippen LogP contribution is -1.93. The van der Waals surface area contributed by atoms with E-state index < -0.39 is 5.83 Å². The number of halogens is 1. The largest absolute Gasteiger partial charge is 0.392 e. The zero-order valence-corrected chi connectivity index (χ0v) is 8.42. The van der Waals surface area contributed by atoms with Gasteiger partial charge in [-0.1, -0.05) is 0 Å². The smallest absolute Gasteiger partial charge is 0.138 e. The number of hydrogen-bond donors (Lipinski definition) is 1. The third-order valence-electron chi connectivity index (χ3n) is 2.10. The SMILES string of the molecule is OC/C=C(\F)c1ccc(-n2cncn2)cc1. The highest BCUT2D eigenvalue weighted by molar-refractivity contribution is 5.60. The molecule has 0 aliphatic heterocycles. The van der Waals surface area contributed by atoms with E-state index in [9.17, 15) is 4.39 Å². The number of hydrogen-bond acceptors (Lipinski definition) is 3. The topological polar surface area (TPSA) is 50.9 Å². The van der Waals surface area contributed by atoms with Gasteiger partial charge in [0.15, 0.2) is 0 Å². The predicted octanol–water partition coefficient (Wildman–Crippen LogP) is 1.57. The van der Waals surface area contributed by atoms with Gasteiger partial charge in [-0.25, -0.2) is 14.1 Å². The van der Waals surface area contributed by atoms with Crippen molar-refractivity contribution in [3.63, 3.8) is 0 Å². The molecule has 0 aliphatic rings. The molecule has 0 radical (unpaired) electrons. The number of rotatable bonds is 3. The van der Waals surface area contributed by atoms with Crippen molar-refractivity contribution in [2.75, 3.05) is 6.61 Å². The summed E-state index contributed by atoms with van der Waals surface area (Å²) < 4.78 is 14.9. The molecule has 2 aromatic rings. The molecule has 16 heavy (non-hydrogen) atoms. The minimum absolute atomic E-state index is 0.309.